The zero-order chi connectivity index (χ0) is 19.8. The fourth-order valence-corrected chi connectivity index (χ4v) is 4.09. The fourth-order valence-electron chi connectivity index (χ4n) is 4.09. The van der Waals surface area contributed by atoms with Crippen molar-refractivity contribution < 1.29 is 9.84 Å². The lowest BCUT2D eigenvalue weighted by Crippen LogP contribution is -2.43. The molecule has 1 N–H and O–H groups in total. The molecule has 4 nitrogen and oxygen atoms in total. The van der Waals surface area contributed by atoms with Crippen LogP contribution in [0.15, 0.2) is 77.3 Å². The quantitative estimate of drug-likeness (QED) is 0.872. The molecule has 4 heteroatoms. The summed E-state index contributed by atoms with van der Waals surface area (Å²) in [5.41, 5.74) is 0.593. The number of hydrogen-bond acceptors (Lipinski definition) is 4. The first-order chi connectivity index (χ1) is 13.4. The van der Waals surface area contributed by atoms with Crippen molar-refractivity contribution in [2.24, 2.45) is 10.9 Å². The highest BCUT2D eigenvalue weighted by Gasteiger charge is 2.50. The van der Waals surface area contributed by atoms with E-state index in [1.165, 1.54) is 0 Å². The number of rotatable bonds is 3. The molecule has 142 valence electrons. The van der Waals surface area contributed by atoms with Crippen LogP contribution < -0.4 is 0 Å². The van der Waals surface area contributed by atoms with Crippen LogP contribution in [0.5, 0.6) is 0 Å². The van der Waals surface area contributed by atoms with Gasteiger partial charge in [0.25, 0.3) is 0 Å². The minimum Gasteiger partial charge on any atom is -0.475 e. The van der Waals surface area contributed by atoms with Gasteiger partial charge in [-0.2, -0.15) is 5.26 Å². The van der Waals surface area contributed by atoms with Crippen molar-refractivity contribution in [2.75, 3.05) is 6.61 Å². The third kappa shape index (κ3) is 3.12. The summed E-state index contributed by atoms with van der Waals surface area (Å²) in [4.78, 5) is 4.72. The smallest absolute Gasteiger partial charge is 0.215 e. The molecule has 0 amide bonds. The third-order valence-corrected chi connectivity index (χ3v) is 5.57. The standard InChI is InChI=1S/C24H24N2O2/c1-23(2)16-28-22(26-23)21-14-18(17-9-5-3-6-10-17)13-20(15-25)24(21,27)19-11-7-4-8-12-19/h3-12,14,18,20,27H,13,16H2,1-2H3. The van der Waals surface area contributed by atoms with E-state index in [-0.39, 0.29) is 11.5 Å². The van der Waals surface area contributed by atoms with Gasteiger partial charge < -0.3 is 9.84 Å². The summed E-state index contributed by atoms with van der Waals surface area (Å²) in [5.74, 6) is -0.160. The predicted molar refractivity (Wildman–Crippen MR) is 109 cm³/mol. The SMILES string of the molecule is CC1(C)COC(C2=CC(c3ccccc3)CC(C#N)C2(O)c2ccccc2)=N1. The van der Waals surface area contributed by atoms with E-state index in [2.05, 4.69) is 18.2 Å². The van der Waals surface area contributed by atoms with Gasteiger partial charge in [0, 0.05) is 11.5 Å². The number of ether oxygens (including phenoxy) is 1. The van der Waals surface area contributed by atoms with E-state index in [0.717, 1.165) is 5.56 Å². The molecule has 2 aromatic carbocycles. The van der Waals surface area contributed by atoms with Gasteiger partial charge in [0.2, 0.25) is 5.90 Å². The van der Waals surface area contributed by atoms with E-state index in [0.29, 0.717) is 30.1 Å². The van der Waals surface area contributed by atoms with Crippen LogP contribution in [0.4, 0.5) is 0 Å². The van der Waals surface area contributed by atoms with E-state index in [4.69, 9.17) is 9.73 Å². The summed E-state index contributed by atoms with van der Waals surface area (Å²) in [6, 6.07) is 21.8. The zero-order valence-corrected chi connectivity index (χ0v) is 16.2. The highest BCUT2D eigenvalue weighted by Crippen LogP contribution is 2.48. The molecule has 0 spiro atoms. The largest absolute Gasteiger partial charge is 0.475 e. The van der Waals surface area contributed by atoms with Gasteiger partial charge in [0.15, 0.2) is 0 Å². The molecule has 0 saturated heterocycles. The summed E-state index contributed by atoms with van der Waals surface area (Å²) in [6.45, 7) is 4.46. The van der Waals surface area contributed by atoms with Gasteiger partial charge in [-0.1, -0.05) is 66.7 Å². The van der Waals surface area contributed by atoms with Crippen LogP contribution in [0, 0.1) is 17.2 Å². The Hall–Kier alpha value is -2.90. The number of nitriles is 1. The third-order valence-electron chi connectivity index (χ3n) is 5.57. The molecule has 0 fully saturated rings. The lowest BCUT2D eigenvalue weighted by atomic mass is 9.67. The second-order valence-corrected chi connectivity index (χ2v) is 8.17. The first kappa shape index (κ1) is 18.5. The fraction of sp³-hybridized carbons (Fsp3) is 0.333. The van der Waals surface area contributed by atoms with Crippen molar-refractivity contribution in [3.8, 4) is 6.07 Å². The van der Waals surface area contributed by atoms with E-state index in [1.54, 1.807) is 0 Å². The van der Waals surface area contributed by atoms with Crippen LogP contribution in [0.1, 0.15) is 37.3 Å². The van der Waals surface area contributed by atoms with Crippen molar-refractivity contribution in [2.45, 2.75) is 37.3 Å². The van der Waals surface area contributed by atoms with Crippen LogP contribution in [-0.2, 0) is 10.3 Å². The van der Waals surface area contributed by atoms with Gasteiger partial charge in [-0.25, -0.2) is 4.99 Å². The lowest BCUT2D eigenvalue weighted by molar-refractivity contribution is 0.0268. The second kappa shape index (κ2) is 6.92. The molecule has 1 aliphatic carbocycles. The highest BCUT2D eigenvalue weighted by atomic mass is 16.5. The van der Waals surface area contributed by atoms with Gasteiger partial charge in [-0.05, 0) is 31.4 Å². The Bertz CT molecular complexity index is 957. The first-order valence-corrected chi connectivity index (χ1v) is 9.62. The van der Waals surface area contributed by atoms with Gasteiger partial charge in [0.05, 0.1) is 17.5 Å². The summed E-state index contributed by atoms with van der Waals surface area (Å²) >= 11 is 0. The van der Waals surface area contributed by atoms with Crippen molar-refractivity contribution >= 4 is 5.90 Å². The molecule has 3 atom stereocenters. The van der Waals surface area contributed by atoms with Gasteiger partial charge in [-0.15, -0.1) is 0 Å². The Balaban J connectivity index is 1.90. The molecule has 0 aromatic heterocycles. The normalized spacial score (nSPS) is 28.6. The summed E-state index contributed by atoms with van der Waals surface area (Å²) in [5, 5.41) is 21.9. The number of benzene rings is 2. The first-order valence-electron chi connectivity index (χ1n) is 9.62. The Kier molecular flexibility index (Phi) is 4.56. The van der Waals surface area contributed by atoms with Crippen LogP contribution in [0.3, 0.4) is 0 Å². The van der Waals surface area contributed by atoms with Crippen molar-refractivity contribution in [3.63, 3.8) is 0 Å². The minimum absolute atomic E-state index is 0.0137. The molecule has 0 radical (unpaired) electrons. The second-order valence-electron chi connectivity index (χ2n) is 8.17. The number of allylic oxidation sites excluding steroid dienone is 1. The van der Waals surface area contributed by atoms with E-state index in [9.17, 15) is 10.4 Å². The molecule has 2 aliphatic rings. The van der Waals surface area contributed by atoms with Crippen molar-refractivity contribution in [1.82, 2.24) is 0 Å². The maximum Gasteiger partial charge on any atom is 0.215 e. The molecular weight excluding hydrogens is 348 g/mol. The summed E-state index contributed by atoms with van der Waals surface area (Å²) < 4.78 is 5.91. The molecular formula is C24H24N2O2. The van der Waals surface area contributed by atoms with E-state index < -0.39 is 11.5 Å². The monoisotopic (exact) mass is 372 g/mol. The maximum atomic E-state index is 11.9. The average molecular weight is 372 g/mol. The molecule has 4 rings (SSSR count). The minimum atomic E-state index is -1.46. The molecule has 1 heterocycles. The van der Waals surface area contributed by atoms with Crippen LogP contribution >= 0.6 is 0 Å². The molecule has 28 heavy (non-hydrogen) atoms. The van der Waals surface area contributed by atoms with Crippen LogP contribution in [0.25, 0.3) is 0 Å². The number of aliphatic hydroxyl groups is 1. The van der Waals surface area contributed by atoms with Gasteiger partial charge >= 0.3 is 0 Å². The average Bonchev–Trinajstić information content (AvgIpc) is 3.08. The van der Waals surface area contributed by atoms with Crippen LogP contribution in [0.2, 0.25) is 0 Å². The van der Waals surface area contributed by atoms with Crippen LogP contribution in [-0.4, -0.2) is 23.2 Å². The number of hydrogen-bond donors (Lipinski definition) is 1. The molecule has 2 aromatic rings. The Morgan fingerprint density at radius 3 is 2.29 bits per heavy atom. The summed E-state index contributed by atoms with van der Waals surface area (Å²) in [6.07, 6.45) is 2.57. The van der Waals surface area contributed by atoms with Crippen molar-refractivity contribution in [3.05, 3.63) is 83.4 Å². The van der Waals surface area contributed by atoms with Crippen molar-refractivity contribution in [1.29, 1.82) is 5.26 Å². The van der Waals surface area contributed by atoms with Gasteiger partial charge in [0.1, 0.15) is 12.2 Å². The lowest BCUT2D eigenvalue weighted by Gasteiger charge is -2.40. The molecule has 0 bridgehead atoms. The number of aliphatic imine (C=N–C) groups is 1. The maximum absolute atomic E-state index is 11.9. The predicted octanol–water partition coefficient (Wildman–Crippen LogP) is 4.34. The Morgan fingerprint density at radius 2 is 1.71 bits per heavy atom. The highest BCUT2D eigenvalue weighted by molar-refractivity contribution is 5.97. The Labute approximate surface area is 165 Å². The molecule has 1 aliphatic heterocycles. The Morgan fingerprint density at radius 1 is 1.07 bits per heavy atom. The van der Waals surface area contributed by atoms with Gasteiger partial charge in [-0.3, -0.25) is 0 Å². The summed E-state index contributed by atoms with van der Waals surface area (Å²) in [7, 11) is 0. The van der Waals surface area contributed by atoms with E-state index >= 15 is 0 Å². The van der Waals surface area contributed by atoms with E-state index in [1.807, 2.05) is 68.5 Å². The molecule has 0 saturated carbocycles. The topological polar surface area (TPSA) is 65.6 Å². The zero-order valence-electron chi connectivity index (χ0n) is 16.2. The number of nitrogens with zero attached hydrogens (tertiary/aromatic N) is 2. The molecule has 3 unspecified atom stereocenters.